The number of imidazole rings is 1. The molecule has 0 aliphatic rings. The summed E-state index contributed by atoms with van der Waals surface area (Å²) in [5.74, 6) is -0.311. The summed E-state index contributed by atoms with van der Waals surface area (Å²) in [6.45, 7) is 0. The Kier molecular flexibility index (Phi) is 4.96. The molecular weight excluding hydrogens is 425 g/mol. The van der Waals surface area contributed by atoms with Crippen molar-refractivity contribution in [3.05, 3.63) is 71.7 Å². The molecular formula is C18H10ClF3N6O2. The highest BCUT2D eigenvalue weighted by molar-refractivity contribution is 6.31. The molecule has 4 heterocycles. The summed E-state index contributed by atoms with van der Waals surface area (Å²) in [6.07, 6.45) is 3.74. The number of halogens is 4. The molecule has 8 nitrogen and oxygen atoms in total. The minimum absolute atomic E-state index is 0.0463. The lowest BCUT2D eigenvalue weighted by atomic mass is 10.2. The van der Waals surface area contributed by atoms with E-state index in [9.17, 15) is 18.0 Å². The molecule has 4 rings (SSSR count). The number of rotatable bonds is 4. The van der Waals surface area contributed by atoms with Gasteiger partial charge in [-0.1, -0.05) is 11.6 Å². The van der Waals surface area contributed by atoms with Crippen molar-refractivity contribution in [2.45, 2.75) is 6.18 Å². The lowest BCUT2D eigenvalue weighted by Crippen LogP contribution is -2.16. The molecule has 0 unspecified atom stereocenters. The van der Waals surface area contributed by atoms with Crippen molar-refractivity contribution in [3.8, 4) is 11.6 Å². The fourth-order valence-corrected chi connectivity index (χ4v) is 2.71. The molecule has 4 aromatic heterocycles. The van der Waals surface area contributed by atoms with Gasteiger partial charge in [0.2, 0.25) is 5.88 Å². The minimum atomic E-state index is -4.68. The van der Waals surface area contributed by atoms with Crippen molar-refractivity contribution in [2.75, 3.05) is 5.32 Å². The van der Waals surface area contributed by atoms with E-state index in [-0.39, 0.29) is 11.5 Å². The molecule has 152 valence electrons. The first kappa shape index (κ1) is 19.6. The van der Waals surface area contributed by atoms with Crippen molar-refractivity contribution < 1.29 is 22.7 Å². The Hall–Kier alpha value is -3.73. The Labute approximate surface area is 171 Å². The fraction of sp³-hybridized carbons (Fsp3) is 0.0556. The number of ether oxygens (including phenoxy) is 1. The molecule has 0 aromatic carbocycles. The van der Waals surface area contributed by atoms with Crippen LogP contribution in [-0.2, 0) is 6.18 Å². The average molecular weight is 435 g/mol. The van der Waals surface area contributed by atoms with Gasteiger partial charge in [0.1, 0.15) is 17.3 Å². The molecule has 0 aliphatic heterocycles. The van der Waals surface area contributed by atoms with E-state index in [1.807, 2.05) is 0 Å². The number of nitrogens with zero attached hydrogens (tertiary/aromatic N) is 5. The Balaban J connectivity index is 1.48. The van der Waals surface area contributed by atoms with Crippen molar-refractivity contribution >= 4 is 29.0 Å². The van der Waals surface area contributed by atoms with Crippen molar-refractivity contribution in [1.82, 2.24) is 24.3 Å². The van der Waals surface area contributed by atoms with Crippen LogP contribution in [0.2, 0.25) is 5.02 Å². The molecule has 0 radical (unpaired) electrons. The summed E-state index contributed by atoms with van der Waals surface area (Å²) in [6, 6.07) is 3.49. The number of nitrogens with one attached hydrogen (secondary N) is 1. The number of alkyl halides is 3. The second-order valence-electron chi connectivity index (χ2n) is 5.88. The molecule has 0 fully saturated rings. The van der Waals surface area contributed by atoms with E-state index in [1.54, 1.807) is 23.0 Å². The molecule has 0 spiro atoms. The molecule has 1 amide bonds. The van der Waals surface area contributed by atoms with Crippen LogP contribution in [0.3, 0.4) is 0 Å². The van der Waals surface area contributed by atoms with Crippen LogP contribution in [0.5, 0.6) is 11.6 Å². The normalized spacial score (nSPS) is 11.5. The topological polar surface area (TPSA) is 94.3 Å². The molecule has 0 saturated carbocycles. The highest BCUT2D eigenvalue weighted by Gasteiger charge is 2.34. The molecule has 0 atom stereocenters. The number of hydrogen-bond donors (Lipinski definition) is 1. The first-order valence-electron chi connectivity index (χ1n) is 8.26. The van der Waals surface area contributed by atoms with Crippen LogP contribution in [0.25, 0.3) is 5.65 Å². The molecule has 0 bridgehead atoms. The summed E-state index contributed by atoms with van der Waals surface area (Å²) in [7, 11) is 0. The number of aromatic nitrogens is 5. The maximum atomic E-state index is 12.9. The van der Waals surface area contributed by atoms with Crippen LogP contribution in [0.4, 0.5) is 19.0 Å². The van der Waals surface area contributed by atoms with Crippen LogP contribution in [0.15, 0.2) is 55.4 Å². The second-order valence-corrected chi connectivity index (χ2v) is 6.29. The number of carbonyl (C=O) groups excluding carboxylic acids is 1. The molecule has 4 aromatic rings. The van der Waals surface area contributed by atoms with Crippen molar-refractivity contribution in [3.63, 3.8) is 0 Å². The fourth-order valence-electron chi connectivity index (χ4n) is 2.49. The van der Waals surface area contributed by atoms with Gasteiger partial charge in [0.25, 0.3) is 5.91 Å². The number of anilines is 1. The van der Waals surface area contributed by atoms with E-state index in [1.165, 1.54) is 24.5 Å². The number of carbonyl (C=O) groups is 1. The van der Waals surface area contributed by atoms with Crippen LogP contribution in [0.1, 0.15) is 16.1 Å². The molecule has 12 heteroatoms. The van der Waals surface area contributed by atoms with Gasteiger partial charge in [0.05, 0.1) is 29.2 Å². The van der Waals surface area contributed by atoms with E-state index in [4.69, 9.17) is 16.3 Å². The van der Waals surface area contributed by atoms with Gasteiger partial charge in [-0.05, 0) is 18.2 Å². The van der Waals surface area contributed by atoms with Crippen LogP contribution in [-0.4, -0.2) is 30.2 Å². The summed E-state index contributed by atoms with van der Waals surface area (Å²) in [5.41, 5.74) is -0.561. The van der Waals surface area contributed by atoms with Crippen molar-refractivity contribution in [2.24, 2.45) is 0 Å². The third-order valence-electron chi connectivity index (χ3n) is 3.88. The third-order valence-corrected chi connectivity index (χ3v) is 4.18. The van der Waals surface area contributed by atoms with E-state index < -0.39 is 22.7 Å². The second kappa shape index (κ2) is 7.59. The smallest absolute Gasteiger partial charge is 0.418 e. The highest BCUT2D eigenvalue weighted by atomic mass is 35.5. The van der Waals surface area contributed by atoms with Gasteiger partial charge < -0.3 is 10.1 Å². The van der Waals surface area contributed by atoms with Gasteiger partial charge in [-0.3, -0.25) is 14.2 Å². The zero-order valence-electron chi connectivity index (χ0n) is 14.8. The van der Waals surface area contributed by atoms with E-state index >= 15 is 0 Å². The molecule has 0 aliphatic carbocycles. The summed E-state index contributed by atoms with van der Waals surface area (Å²) < 4.78 is 46.1. The summed E-state index contributed by atoms with van der Waals surface area (Å²) in [5, 5.41) is 1.69. The Morgan fingerprint density at radius 3 is 2.67 bits per heavy atom. The predicted molar refractivity (Wildman–Crippen MR) is 99.5 cm³/mol. The molecule has 30 heavy (non-hydrogen) atoms. The standard InChI is InChI=1S/C18H10ClF3N6O2/c19-12-7-25-14(5-11(12)18(20,21)22)27-17(29)13-2-1-10(6-24-13)30-16-9-26-15-8-23-3-4-28(15)16/h1-9H,(H,25,27,29). The number of pyridine rings is 2. The third kappa shape index (κ3) is 4.01. The van der Waals surface area contributed by atoms with E-state index in [0.717, 1.165) is 6.20 Å². The zero-order chi connectivity index (χ0) is 21.3. The Morgan fingerprint density at radius 1 is 1.10 bits per heavy atom. The van der Waals surface area contributed by atoms with Gasteiger partial charge in [0.15, 0.2) is 5.65 Å². The largest absolute Gasteiger partial charge is 0.437 e. The van der Waals surface area contributed by atoms with Gasteiger partial charge >= 0.3 is 6.18 Å². The van der Waals surface area contributed by atoms with Gasteiger partial charge in [0, 0.05) is 18.6 Å². The van der Waals surface area contributed by atoms with E-state index in [0.29, 0.717) is 23.3 Å². The molecule has 0 saturated heterocycles. The number of amides is 1. The maximum absolute atomic E-state index is 12.9. The van der Waals surface area contributed by atoms with Gasteiger partial charge in [-0.25, -0.2) is 15.0 Å². The van der Waals surface area contributed by atoms with Crippen LogP contribution < -0.4 is 10.1 Å². The lowest BCUT2D eigenvalue weighted by molar-refractivity contribution is -0.137. The number of fused-ring (bicyclic) bond motifs is 1. The first-order valence-corrected chi connectivity index (χ1v) is 8.64. The van der Waals surface area contributed by atoms with Crippen LogP contribution in [0, 0.1) is 0 Å². The highest BCUT2D eigenvalue weighted by Crippen LogP contribution is 2.35. The Morgan fingerprint density at radius 2 is 1.93 bits per heavy atom. The molecule has 1 N–H and O–H groups in total. The Bertz CT molecular complexity index is 1230. The number of hydrogen-bond acceptors (Lipinski definition) is 6. The maximum Gasteiger partial charge on any atom is 0.418 e. The first-order chi connectivity index (χ1) is 14.3. The minimum Gasteiger partial charge on any atom is -0.437 e. The summed E-state index contributed by atoms with van der Waals surface area (Å²) >= 11 is 5.52. The zero-order valence-corrected chi connectivity index (χ0v) is 15.5. The van der Waals surface area contributed by atoms with Gasteiger partial charge in [-0.2, -0.15) is 13.2 Å². The van der Waals surface area contributed by atoms with Crippen LogP contribution >= 0.6 is 11.6 Å². The SMILES string of the molecule is O=C(Nc1cc(C(F)(F)F)c(Cl)cn1)c1ccc(Oc2cnc3cnccn23)cn1. The average Bonchev–Trinajstić information content (AvgIpc) is 3.12. The predicted octanol–water partition coefficient (Wildman–Crippen LogP) is 4.24. The van der Waals surface area contributed by atoms with Gasteiger partial charge in [-0.15, -0.1) is 0 Å². The quantitative estimate of drug-likeness (QED) is 0.516. The van der Waals surface area contributed by atoms with E-state index in [2.05, 4.69) is 25.3 Å². The summed E-state index contributed by atoms with van der Waals surface area (Å²) in [4.78, 5) is 28.0. The monoisotopic (exact) mass is 434 g/mol. The van der Waals surface area contributed by atoms with Crippen molar-refractivity contribution in [1.29, 1.82) is 0 Å². The lowest BCUT2D eigenvalue weighted by Gasteiger charge is -2.11.